The maximum Gasteiger partial charge on any atom is 0.134 e. The van der Waals surface area contributed by atoms with Gasteiger partial charge in [0, 0.05) is 32.3 Å². The Morgan fingerprint density at radius 3 is 2.87 bits per heavy atom. The molecule has 1 atom stereocenters. The van der Waals surface area contributed by atoms with E-state index in [9.17, 15) is 5.11 Å². The predicted molar refractivity (Wildman–Crippen MR) is 87.9 cm³/mol. The SMILES string of the molecule is Cc1cccc(OC[C@]2(O)COCCN(C3CCOCC3)C2)c1. The van der Waals surface area contributed by atoms with Crippen molar-refractivity contribution in [3.63, 3.8) is 0 Å². The predicted octanol–water partition coefficient (Wildman–Crippen LogP) is 1.62. The van der Waals surface area contributed by atoms with E-state index in [-0.39, 0.29) is 6.61 Å². The lowest BCUT2D eigenvalue weighted by molar-refractivity contribution is -0.0714. The molecule has 23 heavy (non-hydrogen) atoms. The number of ether oxygens (including phenoxy) is 3. The Bertz CT molecular complexity index is 504. The standard InChI is InChI=1S/C18H27NO4/c1-15-3-2-4-17(11-15)23-14-18(20)12-19(7-10-22-13-18)16-5-8-21-9-6-16/h2-4,11,16,20H,5-10,12-14H2,1H3/t18-/m1/s1. The molecule has 2 heterocycles. The van der Waals surface area contributed by atoms with Crippen LogP contribution in [0.15, 0.2) is 24.3 Å². The quantitative estimate of drug-likeness (QED) is 0.913. The highest BCUT2D eigenvalue weighted by Gasteiger charge is 2.36. The first-order valence-corrected chi connectivity index (χ1v) is 8.46. The number of hydrogen-bond acceptors (Lipinski definition) is 5. The van der Waals surface area contributed by atoms with E-state index in [1.165, 1.54) is 0 Å². The van der Waals surface area contributed by atoms with E-state index in [4.69, 9.17) is 14.2 Å². The fourth-order valence-corrected chi connectivity index (χ4v) is 3.32. The highest BCUT2D eigenvalue weighted by atomic mass is 16.5. The van der Waals surface area contributed by atoms with Gasteiger partial charge in [0.1, 0.15) is 18.0 Å². The third-order valence-electron chi connectivity index (χ3n) is 4.60. The molecule has 2 fully saturated rings. The van der Waals surface area contributed by atoms with Crippen LogP contribution in [-0.2, 0) is 9.47 Å². The van der Waals surface area contributed by atoms with Gasteiger partial charge < -0.3 is 19.3 Å². The van der Waals surface area contributed by atoms with Crippen LogP contribution >= 0.6 is 0 Å². The number of nitrogens with zero attached hydrogens (tertiary/aromatic N) is 1. The maximum atomic E-state index is 11.0. The number of aryl methyl sites for hydroxylation is 1. The van der Waals surface area contributed by atoms with Crippen LogP contribution in [0.4, 0.5) is 0 Å². The summed E-state index contributed by atoms with van der Waals surface area (Å²) < 4.78 is 16.9. The van der Waals surface area contributed by atoms with Crippen molar-refractivity contribution in [1.29, 1.82) is 0 Å². The lowest BCUT2D eigenvalue weighted by Gasteiger charge is -2.37. The van der Waals surface area contributed by atoms with E-state index < -0.39 is 5.60 Å². The van der Waals surface area contributed by atoms with Crippen LogP contribution in [0.25, 0.3) is 0 Å². The summed E-state index contributed by atoms with van der Waals surface area (Å²) in [6.45, 7) is 6.31. The summed E-state index contributed by atoms with van der Waals surface area (Å²) >= 11 is 0. The van der Waals surface area contributed by atoms with Gasteiger partial charge >= 0.3 is 0 Å². The highest BCUT2D eigenvalue weighted by Crippen LogP contribution is 2.22. The van der Waals surface area contributed by atoms with E-state index >= 15 is 0 Å². The second-order valence-corrected chi connectivity index (χ2v) is 6.70. The molecule has 0 aliphatic carbocycles. The summed E-state index contributed by atoms with van der Waals surface area (Å²) in [5.74, 6) is 0.792. The second kappa shape index (κ2) is 7.62. The van der Waals surface area contributed by atoms with Crippen molar-refractivity contribution in [1.82, 2.24) is 4.90 Å². The van der Waals surface area contributed by atoms with Crippen LogP contribution < -0.4 is 4.74 Å². The number of β-amino-alcohol motifs (C(OH)–C–C–N with tert-alkyl or cyclic N) is 1. The molecular weight excluding hydrogens is 294 g/mol. The number of hydrogen-bond donors (Lipinski definition) is 1. The van der Waals surface area contributed by atoms with E-state index in [0.717, 1.165) is 43.9 Å². The third kappa shape index (κ3) is 4.67. The van der Waals surface area contributed by atoms with Crippen LogP contribution in [0.3, 0.4) is 0 Å². The van der Waals surface area contributed by atoms with Crippen LogP contribution in [0, 0.1) is 6.92 Å². The second-order valence-electron chi connectivity index (χ2n) is 6.70. The van der Waals surface area contributed by atoms with Gasteiger partial charge in [0.05, 0.1) is 13.2 Å². The average Bonchev–Trinajstić information content (AvgIpc) is 2.76. The number of aliphatic hydroxyl groups is 1. The summed E-state index contributed by atoms with van der Waals surface area (Å²) in [5, 5.41) is 11.0. The van der Waals surface area contributed by atoms with Gasteiger partial charge in [0.15, 0.2) is 0 Å². The van der Waals surface area contributed by atoms with Crippen LogP contribution in [0.1, 0.15) is 18.4 Å². The summed E-state index contributed by atoms with van der Waals surface area (Å²) in [6.07, 6.45) is 2.05. The molecule has 128 valence electrons. The summed E-state index contributed by atoms with van der Waals surface area (Å²) in [4.78, 5) is 2.34. The van der Waals surface area contributed by atoms with Gasteiger partial charge in [-0.05, 0) is 37.5 Å². The Labute approximate surface area is 138 Å². The Balaban J connectivity index is 1.61. The van der Waals surface area contributed by atoms with E-state index in [1.54, 1.807) is 0 Å². The highest BCUT2D eigenvalue weighted by molar-refractivity contribution is 5.27. The molecule has 5 nitrogen and oxygen atoms in total. The van der Waals surface area contributed by atoms with Crippen molar-refractivity contribution in [2.75, 3.05) is 46.1 Å². The lowest BCUT2D eigenvalue weighted by atomic mass is 10.0. The Morgan fingerprint density at radius 2 is 2.09 bits per heavy atom. The summed E-state index contributed by atoms with van der Waals surface area (Å²) in [6, 6.07) is 8.37. The molecule has 3 rings (SSSR count). The van der Waals surface area contributed by atoms with Gasteiger partial charge in [-0.25, -0.2) is 0 Å². The van der Waals surface area contributed by atoms with Gasteiger partial charge in [0.25, 0.3) is 0 Å². The molecule has 2 saturated heterocycles. The van der Waals surface area contributed by atoms with Crippen LogP contribution in [-0.4, -0.2) is 67.8 Å². The maximum absolute atomic E-state index is 11.0. The topological polar surface area (TPSA) is 51.2 Å². The minimum atomic E-state index is -0.974. The largest absolute Gasteiger partial charge is 0.490 e. The van der Waals surface area contributed by atoms with E-state index in [0.29, 0.717) is 25.8 Å². The summed E-state index contributed by atoms with van der Waals surface area (Å²) in [7, 11) is 0. The fraction of sp³-hybridized carbons (Fsp3) is 0.667. The molecule has 1 aromatic rings. The zero-order chi connectivity index (χ0) is 16.1. The molecule has 5 heteroatoms. The first-order chi connectivity index (χ1) is 11.1. The Hall–Kier alpha value is -1.14. The molecule has 0 bridgehead atoms. The number of benzene rings is 1. The minimum Gasteiger partial charge on any atom is -0.490 e. The molecular formula is C18H27NO4. The van der Waals surface area contributed by atoms with E-state index in [2.05, 4.69) is 4.90 Å². The zero-order valence-corrected chi connectivity index (χ0v) is 13.9. The number of rotatable bonds is 4. The third-order valence-corrected chi connectivity index (χ3v) is 4.60. The van der Waals surface area contributed by atoms with Crippen LogP contribution in [0.2, 0.25) is 0 Å². The van der Waals surface area contributed by atoms with Crippen molar-refractivity contribution in [3.8, 4) is 5.75 Å². The summed E-state index contributed by atoms with van der Waals surface area (Å²) in [5.41, 5.74) is 0.175. The molecule has 1 N–H and O–H groups in total. The molecule has 0 amide bonds. The monoisotopic (exact) mass is 321 g/mol. The smallest absolute Gasteiger partial charge is 0.134 e. The van der Waals surface area contributed by atoms with Gasteiger partial charge in [0.2, 0.25) is 0 Å². The first-order valence-electron chi connectivity index (χ1n) is 8.46. The molecule has 0 aromatic heterocycles. The van der Waals surface area contributed by atoms with Gasteiger partial charge in [-0.3, -0.25) is 4.90 Å². The minimum absolute atomic E-state index is 0.246. The first kappa shape index (κ1) is 16.7. The van der Waals surface area contributed by atoms with Gasteiger partial charge in [-0.2, -0.15) is 0 Å². The molecule has 0 radical (unpaired) electrons. The Kier molecular flexibility index (Phi) is 5.54. The molecule has 2 aliphatic rings. The fourth-order valence-electron chi connectivity index (χ4n) is 3.32. The van der Waals surface area contributed by atoms with Crippen molar-refractivity contribution in [2.24, 2.45) is 0 Å². The molecule has 1 aromatic carbocycles. The molecule has 2 aliphatic heterocycles. The lowest BCUT2D eigenvalue weighted by Crippen LogP contribution is -2.52. The van der Waals surface area contributed by atoms with Crippen LogP contribution in [0.5, 0.6) is 5.75 Å². The van der Waals surface area contributed by atoms with E-state index in [1.807, 2.05) is 31.2 Å². The van der Waals surface area contributed by atoms with Gasteiger partial charge in [-0.1, -0.05) is 12.1 Å². The van der Waals surface area contributed by atoms with Crippen molar-refractivity contribution < 1.29 is 19.3 Å². The van der Waals surface area contributed by atoms with Crippen molar-refractivity contribution in [3.05, 3.63) is 29.8 Å². The molecule has 0 unspecified atom stereocenters. The Morgan fingerprint density at radius 1 is 1.26 bits per heavy atom. The van der Waals surface area contributed by atoms with Crippen molar-refractivity contribution >= 4 is 0 Å². The average molecular weight is 321 g/mol. The molecule has 0 saturated carbocycles. The zero-order valence-electron chi connectivity index (χ0n) is 13.9. The normalized spacial score (nSPS) is 27.6. The van der Waals surface area contributed by atoms with Gasteiger partial charge in [-0.15, -0.1) is 0 Å². The molecule has 0 spiro atoms. The van der Waals surface area contributed by atoms with Crippen molar-refractivity contribution in [2.45, 2.75) is 31.4 Å².